The highest BCUT2D eigenvalue weighted by atomic mass is 16.2. The predicted octanol–water partition coefficient (Wildman–Crippen LogP) is 0.169. The van der Waals surface area contributed by atoms with Gasteiger partial charge in [0, 0.05) is 39.0 Å². The minimum absolute atomic E-state index is 0.0970. The van der Waals surface area contributed by atoms with Gasteiger partial charge < -0.3 is 15.1 Å². The maximum Gasteiger partial charge on any atom is 0.225 e. The lowest BCUT2D eigenvalue weighted by Gasteiger charge is -2.38. The van der Waals surface area contributed by atoms with Gasteiger partial charge >= 0.3 is 0 Å². The number of carbonyl (C=O) groups is 2. The number of hydrogen-bond acceptors (Lipinski definition) is 3. The fraction of sp³-hybridized carbons (Fsp3) is 0.857. The van der Waals surface area contributed by atoms with Crippen LogP contribution in [0.4, 0.5) is 0 Å². The Labute approximate surface area is 115 Å². The molecule has 0 aromatic heterocycles. The van der Waals surface area contributed by atoms with Crippen LogP contribution in [-0.2, 0) is 9.59 Å². The molecule has 5 nitrogen and oxygen atoms in total. The van der Waals surface area contributed by atoms with Crippen molar-refractivity contribution in [3.63, 3.8) is 0 Å². The van der Waals surface area contributed by atoms with E-state index in [4.69, 9.17) is 0 Å². The molecule has 1 unspecified atom stereocenters. The molecule has 2 aliphatic rings. The molecule has 19 heavy (non-hydrogen) atoms. The van der Waals surface area contributed by atoms with Gasteiger partial charge in [-0.2, -0.15) is 0 Å². The number of piperidine rings is 1. The van der Waals surface area contributed by atoms with Crippen molar-refractivity contribution in [1.29, 1.82) is 0 Å². The molecule has 1 N–H and O–H groups in total. The quantitative estimate of drug-likeness (QED) is 0.793. The standard InChI is InChI=1S/C14H25N3O2/c1-10(12-8-15-9-12)13(18)17-6-4-11(5-7-17)14(19)16(2)3/h10-12,15H,4-9H2,1-3H3. The fourth-order valence-corrected chi connectivity index (χ4v) is 2.87. The molecule has 0 spiro atoms. The molecule has 2 rings (SSSR count). The van der Waals surface area contributed by atoms with Gasteiger partial charge in [-0.3, -0.25) is 9.59 Å². The summed E-state index contributed by atoms with van der Waals surface area (Å²) >= 11 is 0. The first-order valence-electron chi connectivity index (χ1n) is 7.21. The Morgan fingerprint density at radius 3 is 2.21 bits per heavy atom. The summed E-state index contributed by atoms with van der Waals surface area (Å²) in [6, 6.07) is 0. The third-order valence-electron chi connectivity index (χ3n) is 4.51. The minimum Gasteiger partial charge on any atom is -0.349 e. The number of amides is 2. The summed E-state index contributed by atoms with van der Waals surface area (Å²) in [6.45, 7) is 5.41. The Morgan fingerprint density at radius 2 is 1.79 bits per heavy atom. The summed E-state index contributed by atoms with van der Waals surface area (Å²) in [5.74, 6) is 1.17. The molecular weight excluding hydrogens is 242 g/mol. The van der Waals surface area contributed by atoms with Crippen LogP contribution in [0.25, 0.3) is 0 Å². The van der Waals surface area contributed by atoms with Gasteiger partial charge in [0.15, 0.2) is 0 Å². The van der Waals surface area contributed by atoms with E-state index in [1.807, 2.05) is 11.8 Å². The highest BCUT2D eigenvalue weighted by Gasteiger charge is 2.34. The maximum atomic E-state index is 12.3. The molecule has 2 amide bonds. The van der Waals surface area contributed by atoms with Gasteiger partial charge in [-0.1, -0.05) is 6.92 Å². The Morgan fingerprint density at radius 1 is 1.21 bits per heavy atom. The first-order chi connectivity index (χ1) is 9.00. The van der Waals surface area contributed by atoms with Gasteiger partial charge in [-0.25, -0.2) is 0 Å². The van der Waals surface area contributed by atoms with Crippen molar-refractivity contribution in [2.45, 2.75) is 19.8 Å². The lowest BCUT2D eigenvalue weighted by atomic mass is 9.87. The third kappa shape index (κ3) is 3.08. The van der Waals surface area contributed by atoms with E-state index in [0.717, 1.165) is 39.0 Å². The smallest absolute Gasteiger partial charge is 0.225 e. The zero-order chi connectivity index (χ0) is 14.0. The van der Waals surface area contributed by atoms with Gasteiger partial charge in [0.1, 0.15) is 0 Å². The van der Waals surface area contributed by atoms with Crippen molar-refractivity contribution >= 4 is 11.8 Å². The minimum atomic E-state index is 0.0970. The van der Waals surface area contributed by atoms with Gasteiger partial charge in [0.25, 0.3) is 0 Å². The van der Waals surface area contributed by atoms with Crippen molar-refractivity contribution in [1.82, 2.24) is 15.1 Å². The highest BCUT2D eigenvalue weighted by molar-refractivity contribution is 5.81. The molecule has 2 heterocycles. The molecule has 0 bridgehead atoms. The summed E-state index contributed by atoms with van der Waals surface area (Å²) in [6.07, 6.45) is 1.61. The van der Waals surface area contributed by atoms with E-state index in [1.165, 1.54) is 0 Å². The van der Waals surface area contributed by atoms with E-state index in [1.54, 1.807) is 19.0 Å². The molecule has 2 aliphatic heterocycles. The van der Waals surface area contributed by atoms with Gasteiger partial charge in [-0.15, -0.1) is 0 Å². The predicted molar refractivity (Wildman–Crippen MR) is 73.5 cm³/mol. The summed E-state index contributed by atoms with van der Waals surface area (Å²) < 4.78 is 0. The van der Waals surface area contributed by atoms with Gasteiger partial charge in [-0.05, 0) is 31.8 Å². The second-order valence-corrected chi connectivity index (χ2v) is 6.04. The normalized spacial score (nSPS) is 22.8. The molecule has 2 saturated heterocycles. The van der Waals surface area contributed by atoms with Crippen molar-refractivity contribution in [3.8, 4) is 0 Å². The Bertz CT molecular complexity index is 345. The van der Waals surface area contributed by atoms with E-state index in [9.17, 15) is 9.59 Å². The second-order valence-electron chi connectivity index (χ2n) is 6.04. The van der Waals surface area contributed by atoms with Crippen LogP contribution < -0.4 is 5.32 Å². The highest BCUT2D eigenvalue weighted by Crippen LogP contribution is 2.23. The van der Waals surface area contributed by atoms with E-state index in [0.29, 0.717) is 5.92 Å². The number of rotatable bonds is 3. The monoisotopic (exact) mass is 267 g/mol. The SMILES string of the molecule is CC(C(=O)N1CCC(C(=O)N(C)C)CC1)C1CNC1. The topological polar surface area (TPSA) is 52.7 Å². The lowest BCUT2D eigenvalue weighted by Crippen LogP contribution is -2.52. The van der Waals surface area contributed by atoms with Crippen LogP contribution in [0.5, 0.6) is 0 Å². The Hall–Kier alpha value is -1.10. The summed E-state index contributed by atoms with van der Waals surface area (Å²) in [7, 11) is 3.59. The number of carbonyl (C=O) groups excluding carboxylic acids is 2. The third-order valence-corrected chi connectivity index (χ3v) is 4.51. The average Bonchev–Trinajstić information content (AvgIpc) is 2.35. The van der Waals surface area contributed by atoms with Crippen LogP contribution in [0.15, 0.2) is 0 Å². The number of nitrogens with zero attached hydrogens (tertiary/aromatic N) is 2. The summed E-state index contributed by atoms with van der Waals surface area (Å²) in [5.41, 5.74) is 0. The van der Waals surface area contributed by atoms with Crippen LogP contribution in [0.1, 0.15) is 19.8 Å². The molecule has 108 valence electrons. The van der Waals surface area contributed by atoms with Crippen LogP contribution in [-0.4, -0.2) is 61.9 Å². The van der Waals surface area contributed by atoms with Crippen molar-refractivity contribution in [3.05, 3.63) is 0 Å². The van der Waals surface area contributed by atoms with E-state index >= 15 is 0 Å². The molecule has 0 aromatic carbocycles. The van der Waals surface area contributed by atoms with Gasteiger partial charge in [0.05, 0.1) is 0 Å². The first kappa shape index (κ1) is 14.3. The summed E-state index contributed by atoms with van der Waals surface area (Å²) in [4.78, 5) is 27.8. The number of likely N-dealkylation sites (tertiary alicyclic amines) is 1. The maximum absolute atomic E-state index is 12.3. The Balaban J connectivity index is 1.82. The van der Waals surface area contributed by atoms with Crippen LogP contribution in [0.2, 0.25) is 0 Å². The van der Waals surface area contributed by atoms with Gasteiger partial charge in [0.2, 0.25) is 11.8 Å². The molecule has 0 aliphatic carbocycles. The van der Waals surface area contributed by atoms with E-state index in [2.05, 4.69) is 5.32 Å². The van der Waals surface area contributed by atoms with Crippen molar-refractivity contribution < 1.29 is 9.59 Å². The van der Waals surface area contributed by atoms with E-state index in [-0.39, 0.29) is 23.7 Å². The average molecular weight is 267 g/mol. The largest absolute Gasteiger partial charge is 0.349 e. The lowest BCUT2D eigenvalue weighted by molar-refractivity contribution is -0.142. The number of hydrogen-bond donors (Lipinski definition) is 1. The molecule has 0 radical (unpaired) electrons. The molecule has 1 atom stereocenters. The summed E-state index contributed by atoms with van der Waals surface area (Å²) in [5, 5.41) is 3.21. The molecule has 5 heteroatoms. The van der Waals surface area contributed by atoms with Crippen molar-refractivity contribution in [2.75, 3.05) is 40.3 Å². The molecule has 0 saturated carbocycles. The second kappa shape index (κ2) is 5.90. The fourth-order valence-electron chi connectivity index (χ4n) is 2.87. The molecule has 0 aromatic rings. The van der Waals surface area contributed by atoms with Crippen LogP contribution in [0.3, 0.4) is 0 Å². The molecular formula is C14H25N3O2. The molecule has 2 fully saturated rings. The van der Waals surface area contributed by atoms with Crippen molar-refractivity contribution in [2.24, 2.45) is 17.8 Å². The van der Waals surface area contributed by atoms with E-state index < -0.39 is 0 Å². The van der Waals surface area contributed by atoms with Crippen LogP contribution in [0, 0.1) is 17.8 Å². The Kier molecular flexibility index (Phi) is 4.45. The first-order valence-corrected chi connectivity index (χ1v) is 7.21. The zero-order valence-electron chi connectivity index (χ0n) is 12.2. The van der Waals surface area contributed by atoms with Crippen LogP contribution >= 0.6 is 0 Å². The zero-order valence-corrected chi connectivity index (χ0v) is 12.2. The number of nitrogens with one attached hydrogen (secondary N) is 1.